The lowest BCUT2D eigenvalue weighted by atomic mass is 9.92. The highest BCUT2D eigenvalue weighted by atomic mass is 32.1. The molecule has 0 bridgehead atoms. The summed E-state index contributed by atoms with van der Waals surface area (Å²) in [6.45, 7) is 8.92. The van der Waals surface area contributed by atoms with Crippen molar-refractivity contribution in [3.05, 3.63) is 99.6 Å². The lowest BCUT2D eigenvalue weighted by Crippen LogP contribution is -2.23. The van der Waals surface area contributed by atoms with Crippen molar-refractivity contribution >= 4 is 29.9 Å². The molecule has 1 heterocycles. The maximum absolute atomic E-state index is 5.30. The summed E-state index contributed by atoms with van der Waals surface area (Å²) in [5.74, 6) is 0.537. The molecule has 0 spiro atoms. The smallest absolute Gasteiger partial charge is 0.123 e. The Labute approximate surface area is 203 Å². The second kappa shape index (κ2) is 9.53. The van der Waals surface area contributed by atoms with Crippen LogP contribution in [0.25, 0.3) is 10.6 Å². The van der Waals surface area contributed by atoms with Crippen LogP contribution in [0.4, 0.5) is 0 Å². The van der Waals surface area contributed by atoms with Gasteiger partial charge in [0.15, 0.2) is 0 Å². The van der Waals surface area contributed by atoms with Crippen LogP contribution in [0.15, 0.2) is 66.7 Å². The van der Waals surface area contributed by atoms with Gasteiger partial charge in [0.2, 0.25) is 0 Å². The fourth-order valence-electron chi connectivity index (χ4n) is 5.19. The van der Waals surface area contributed by atoms with Crippen molar-refractivity contribution in [1.82, 2.24) is 4.98 Å². The van der Waals surface area contributed by atoms with Gasteiger partial charge in [0, 0.05) is 16.4 Å². The van der Waals surface area contributed by atoms with Crippen LogP contribution in [-0.4, -0.2) is 11.1 Å². The number of rotatable bonds is 5. The van der Waals surface area contributed by atoms with E-state index in [1.807, 2.05) is 11.3 Å². The molecule has 1 atom stereocenters. The average molecular weight is 470 g/mol. The monoisotopic (exact) mass is 469 g/mol. The Balaban J connectivity index is 1.54. The number of hydrogen-bond donors (Lipinski definition) is 0. The van der Waals surface area contributed by atoms with Crippen molar-refractivity contribution in [2.75, 3.05) is 6.16 Å². The van der Waals surface area contributed by atoms with E-state index in [4.69, 9.17) is 4.98 Å². The zero-order chi connectivity index (χ0) is 22.9. The molecule has 3 heteroatoms. The second-order valence-corrected chi connectivity index (χ2v) is 12.7. The van der Waals surface area contributed by atoms with Gasteiger partial charge in [0.25, 0.3) is 0 Å². The Morgan fingerprint density at radius 2 is 1.45 bits per heavy atom. The van der Waals surface area contributed by atoms with Crippen LogP contribution in [-0.2, 0) is 6.42 Å². The van der Waals surface area contributed by atoms with E-state index in [-0.39, 0.29) is 0 Å². The molecule has 1 aromatic heterocycles. The number of aryl methyl sites for hydroxylation is 5. The Hall–Kier alpha value is -2.28. The highest BCUT2D eigenvalue weighted by Crippen LogP contribution is 2.46. The summed E-state index contributed by atoms with van der Waals surface area (Å²) in [6, 6.07) is 24.9. The zero-order valence-electron chi connectivity index (χ0n) is 20.1. The van der Waals surface area contributed by atoms with E-state index in [1.165, 1.54) is 79.4 Å². The molecule has 1 nitrogen and oxygen atoms in total. The van der Waals surface area contributed by atoms with Crippen LogP contribution in [0.3, 0.4) is 0 Å². The first-order valence-electron chi connectivity index (χ1n) is 12.0. The number of hydrogen-bond acceptors (Lipinski definition) is 2. The summed E-state index contributed by atoms with van der Waals surface area (Å²) in [4.78, 5) is 6.82. The van der Waals surface area contributed by atoms with E-state index in [0.717, 1.165) is 0 Å². The maximum Gasteiger partial charge on any atom is 0.123 e. The minimum absolute atomic E-state index is 0.431. The first-order valence-corrected chi connectivity index (χ1v) is 14.3. The van der Waals surface area contributed by atoms with Gasteiger partial charge < -0.3 is 0 Å². The highest BCUT2D eigenvalue weighted by molar-refractivity contribution is 7.73. The van der Waals surface area contributed by atoms with Crippen LogP contribution in [0.2, 0.25) is 0 Å². The van der Waals surface area contributed by atoms with Crippen molar-refractivity contribution < 1.29 is 0 Å². The first-order chi connectivity index (χ1) is 16.0. The van der Waals surface area contributed by atoms with E-state index >= 15 is 0 Å². The largest absolute Gasteiger partial charge is 0.241 e. The van der Waals surface area contributed by atoms with E-state index in [0.29, 0.717) is 5.92 Å². The predicted molar refractivity (Wildman–Crippen MR) is 146 cm³/mol. The van der Waals surface area contributed by atoms with Crippen LogP contribution < -0.4 is 10.6 Å². The lowest BCUT2D eigenvalue weighted by molar-refractivity contribution is 0.589. The van der Waals surface area contributed by atoms with Gasteiger partial charge >= 0.3 is 0 Å². The van der Waals surface area contributed by atoms with E-state index in [2.05, 4.69) is 94.4 Å². The zero-order valence-corrected chi connectivity index (χ0v) is 21.8. The molecular formula is C30H32NPS. The van der Waals surface area contributed by atoms with Gasteiger partial charge in [-0.15, -0.1) is 11.3 Å². The Kier molecular flexibility index (Phi) is 6.50. The third-order valence-electron chi connectivity index (χ3n) is 6.75. The summed E-state index contributed by atoms with van der Waals surface area (Å²) in [5, 5.41) is 4.26. The second-order valence-electron chi connectivity index (χ2n) is 9.48. The number of nitrogens with zero attached hydrogens (tertiary/aromatic N) is 1. The fraction of sp³-hybridized carbons (Fsp3) is 0.300. The van der Waals surface area contributed by atoms with Crippen LogP contribution >= 0.6 is 19.3 Å². The molecule has 168 valence electrons. The molecule has 0 radical (unpaired) electrons. The van der Waals surface area contributed by atoms with Gasteiger partial charge in [-0.1, -0.05) is 65.7 Å². The summed E-state index contributed by atoms with van der Waals surface area (Å²) < 4.78 is 0. The minimum atomic E-state index is -0.431. The van der Waals surface area contributed by atoms with Crippen molar-refractivity contribution in [2.45, 2.75) is 52.9 Å². The summed E-state index contributed by atoms with van der Waals surface area (Å²) in [7, 11) is -0.431. The number of aromatic nitrogens is 1. The third-order valence-corrected chi connectivity index (χ3v) is 10.9. The Morgan fingerprint density at radius 1 is 0.848 bits per heavy atom. The van der Waals surface area contributed by atoms with Gasteiger partial charge in [-0.2, -0.15) is 0 Å². The molecule has 33 heavy (non-hydrogen) atoms. The number of benzene rings is 3. The van der Waals surface area contributed by atoms with Crippen molar-refractivity contribution in [3.63, 3.8) is 0 Å². The molecule has 0 saturated heterocycles. The molecule has 1 aliphatic carbocycles. The Bertz CT molecular complexity index is 1220. The quantitative estimate of drug-likeness (QED) is 0.274. The van der Waals surface area contributed by atoms with E-state index in [9.17, 15) is 0 Å². The van der Waals surface area contributed by atoms with Crippen molar-refractivity contribution in [2.24, 2.45) is 0 Å². The molecule has 0 saturated carbocycles. The molecule has 5 rings (SSSR count). The van der Waals surface area contributed by atoms with E-state index < -0.39 is 7.92 Å². The molecule has 4 aromatic rings. The molecule has 0 N–H and O–H groups in total. The fourth-order valence-corrected chi connectivity index (χ4v) is 9.34. The molecule has 0 aliphatic heterocycles. The molecule has 0 fully saturated rings. The maximum atomic E-state index is 5.30. The topological polar surface area (TPSA) is 12.9 Å². The normalized spacial score (nSPS) is 15.6. The van der Waals surface area contributed by atoms with Gasteiger partial charge in [-0.3, -0.25) is 0 Å². The number of fused-ring (bicyclic) bond motifs is 1. The SMILES string of the molecule is Cc1cc(C)cc(-c2nc3c(s2)CCC[C@@H]3CP(c2ccccc2C)c2ccccc2C)c1. The molecule has 0 amide bonds. The minimum Gasteiger partial charge on any atom is -0.241 e. The van der Waals surface area contributed by atoms with Gasteiger partial charge in [-0.05, 0) is 94.9 Å². The third kappa shape index (κ3) is 4.70. The van der Waals surface area contributed by atoms with Crippen LogP contribution in [0.5, 0.6) is 0 Å². The van der Waals surface area contributed by atoms with Crippen molar-refractivity contribution in [3.8, 4) is 10.6 Å². The van der Waals surface area contributed by atoms with Crippen LogP contribution in [0, 0.1) is 27.7 Å². The van der Waals surface area contributed by atoms with Gasteiger partial charge in [-0.25, -0.2) is 4.98 Å². The van der Waals surface area contributed by atoms with E-state index in [1.54, 1.807) is 0 Å². The molecule has 0 unspecified atom stereocenters. The average Bonchev–Trinajstić information content (AvgIpc) is 3.23. The molecule has 1 aliphatic rings. The summed E-state index contributed by atoms with van der Waals surface area (Å²) >= 11 is 1.93. The predicted octanol–water partition coefficient (Wildman–Crippen LogP) is 7.60. The van der Waals surface area contributed by atoms with Crippen molar-refractivity contribution in [1.29, 1.82) is 0 Å². The first kappa shape index (κ1) is 22.5. The number of thiazole rings is 1. The molecular weight excluding hydrogens is 437 g/mol. The highest BCUT2D eigenvalue weighted by Gasteiger charge is 2.29. The van der Waals surface area contributed by atoms with Gasteiger partial charge in [0.1, 0.15) is 5.01 Å². The standard InChI is InChI=1S/C30H32NPS/c1-20-16-21(2)18-25(17-20)30-31-29-24(12-9-15-28(29)33-30)19-32(26-13-7-5-10-22(26)3)27-14-8-6-11-23(27)4/h5-8,10-11,13-14,16-18,24H,9,12,15,19H2,1-4H3/t24-/m1/s1. The molecule has 3 aromatic carbocycles. The summed E-state index contributed by atoms with van der Waals surface area (Å²) in [6.07, 6.45) is 4.89. The van der Waals surface area contributed by atoms with Gasteiger partial charge in [0.05, 0.1) is 5.69 Å². The van der Waals surface area contributed by atoms with Crippen LogP contribution in [0.1, 0.15) is 51.6 Å². The summed E-state index contributed by atoms with van der Waals surface area (Å²) in [5.41, 5.74) is 8.13. The Morgan fingerprint density at radius 3 is 2.06 bits per heavy atom. The lowest BCUT2D eigenvalue weighted by Gasteiger charge is -2.29.